The molecule has 2 aromatic heterocycles. The Kier molecular flexibility index (Phi) is 6.59. The highest BCUT2D eigenvalue weighted by atomic mass is 35.5. The van der Waals surface area contributed by atoms with Gasteiger partial charge in [0.2, 0.25) is 0 Å². The predicted octanol–water partition coefficient (Wildman–Crippen LogP) is 6.03. The molecule has 12 heteroatoms. The third-order valence-corrected chi connectivity index (χ3v) is 7.85. The summed E-state index contributed by atoms with van der Waals surface area (Å²) >= 11 is 6.21. The van der Waals surface area contributed by atoms with Gasteiger partial charge >= 0.3 is 6.09 Å². The molecule has 9 nitrogen and oxygen atoms in total. The number of nitrogens with zero attached hydrogens (tertiary/aromatic N) is 5. The minimum Gasteiger partial charge on any atom is -0.489 e. The summed E-state index contributed by atoms with van der Waals surface area (Å²) in [5.41, 5.74) is -0.767. The summed E-state index contributed by atoms with van der Waals surface area (Å²) in [5, 5.41) is 2.75. The number of hydrogen-bond donors (Lipinski definition) is 1. The number of fused-ring (bicyclic) bond motifs is 4. The van der Waals surface area contributed by atoms with E-state index < -0.39 is 17.1 Å². The van der Waals surface area contributed by atoms with Crippen molar-refractivity contribution in [2.45, 2.75) is 69.8 Å². The Morgan fingerprint density at radius 3 is 2.62 bits per heavy atom. The van der Waals surface area contributed by atoms with Crippen molar-refractivity contribution in [1.82, 2.24) is 19.9 Å². The second-order valence-electron chi connectivity index (χ2n) is 11.7. The predicted molar refractivity (Wildman–Crippen MR) is 148 cm³/mol. The normalized spacial score (nSPS) is 21.4. The molecule has 1 aliphatic carbocycles. The number of alkyl halides is 1. The lowest BCUT2D eigenvalue weighted by atomic mass is 9.91. The fraction of sp³-hybridized carbons (Fsp3) is 0.500. The van der Waals surface area contributed by atoms with E-state index >= 15 is 4.39 Å². The summed E-state index contributed by atoms with van der Waals surface area (Å²) in [7, 11) is 0. The average Bonchev–Trinajstić information content (AvgIpc) is 3.67. The van der Waals surface area contributed by atoms with Crippen molar-refractivity contribution in [3.05, 3.63) is 41.4 Å². The summed E-state index contributed by atoms with van der Waals surface area (Å²) in [6, 6.07) is 6.84. The van der Waals surface area contributed by atoms with E-state index in [0.717, 1.165) is 18.7 Å². The topological polar surface area (TPSA) is 92.7 Å². The number of carbonyl (C=O) groups is 1. The summed E-state index contributed by atoms with van der Waals surface area (Å²) in [5.74, 6) is 0.392. The van der Waals surface area contributed by atoms with Crippen LogP contribution in [0.3, 0.4) is 0 Å². The first kappa shape index (κ1) is 26.7. The first-order valence-corrected chi connectivity index (χ1v) is 13.8. The highest BCUT2D eigenvalue weighted by molar-refractivity contribution is 6.32. The Bertz CT molecular complexity index is 1460. The van der Waals surface area contributed by atoms with Crippen LogP contribution >= 0.6 is 11.6 Å². The van der Waals surface area contributed by atoms with Crippen LogP contribution in [0.25, 0.3) is 11.0 Å². The molecule has 0 radical (unpaired) electrons. The molecule has 0 unspecified atom stereocenters. The van der Waals surface area contributed by atoms with Gasteiger partial charge in [-0.25, -0.2) is 28.5 Å². The maximum absolute atomic E-state index is 15.2. The van der Waals surface area contributed by atoms with Crippen LogP contribution in [0.5, 0.6) is 5.75 Å². The fourth-order valence-electron chi connectivity index (χ4n) is 5.19. The van der Waals surface area contributed by atoms with Gasteiger partial charge in [-0.2, -0.15) is 0 Å². The van der Waals surface area contributed by atoms with Crippen molar-refractivity contribution in [3.8, 4) is 5.75 Å². The van der Waals surface area contributed by atoms with E-state index in [9.17, 15) is 9.18 Å². The SMILES string of the molecule is CC(C)(C)OC(=O)N1C[C@@H]2CC[C@H]1CN2c1ccc2ncnc(Nc3ccc(OCC4(F)CC4)c(Cl)c3F)c2n1. The molecule has 3 aromatic rings. The van der Waals surface area contributed by atoms with Crippen molar-refractivity contribution in [1.29, 1.82) is 0 Å². The highest BCUT2D eigenvalue weighted by Gasteiger charge is 2.44. The van der Waals surface area contributed by atoms with Crippen LogP contribution < -0.4 is 15.0 Å². The van der Waals surface area contributed by atoms with Gasteiger partial charge in [0.05, 0.1) is 17.2 Å². The zero-order valence-electron chi connectivity index (χ0n) is 22.6. The molecule has 3 aliphatic heterocycles. The van der Waals surface area contributed by atoms with Crippen LogP contribution in [-0.4, -0.2) is 69.0 Å². The molecule has 2 atom stereocenters. The number of benzene rings is 1. The van der Waals surface area contributed by atoms with Crippen molar-refractivity contribution in [2.75, 3.05) is 29.9 Å². The van der Waals surface area contributed by atoms with Gasteiger partial charge in [0.25, 0.3) is 0 Å². The minimum absolute atomic E-state index is 0.0196. The number of rotatable bonds is 6. The third-order valence-electron chi connectivity index (χ3n) is 7.50. The molecule has 40 heavy (non-hydrogen) atoms. The van der Waals surface area contributed by atoms with Gasteiger partial charge in [-0.05, 0) is 70.7 Å². The van der Waals surface area contributed by atoms with Crippen LogP contribution in [0, 0.1) is 5.82 Å². The smallest absolute Gasteiger partial charge is 0.410 e. The summed E-state index contributed by atoms with van der Waals surface area (Å²) in [4.78, 5) is 30.3. The van der Waals surface area contributed by atoms with E-state index in [4.69, 9.17) is 26.1 Å². The number of nitrogens with one attached hydrogen (secondary N) is 1. The summed E-state index contributed by atoms with van der Waals surface area (Å²) < 4.78 is 40.2. The molecule has 1 aromatic carbocycles. The molecule has 4 fully saturated rings. The standard InChI is InChI=1S/C28H31ClF2N6O3/c1-27(2,3)40-26(38)37-13-16-4-5-17(37)12-36(16)21-9-7-19-24(35-21)25(33-15-32-19)34-18-6-8-20(22(29)23(18)30)39-14-28(31)10-11-28/h6-9,15-17H,4-5,10-14H2,1-3H3,(H,32,33,34)/t16-,17-/m0/s1. The Hall–Kier alpha value is -3.47. The second-order valence-corrected chi connectivity index (χ2v) is 12.1. The molecule has 1 amide bonds. The molecule has 1 N–H and O–H groups in total. The summed E-state index contributed by atoms with van der Waals surface area (Å²) in [6.07, 6.45) is 3.78. The van der Waals surface area contributed by atoms with E-state index in [1.807, 2.05) is 37.8 Å². The van der Waals surface area contributed by atoms with Gasteiger partial charge in [-0.1, -0.05) is 11.6 Å². The second kappa shape index (κ2) is 9.87. The maximum atomic E-state index is 15.2. The number of carbonyl (C=O) groups excluding carboxylic acids is 1. The lowest BCUT2D eigenvalue weighted by molar-refractivity contribution is 0.000789. The highest BCUT2D eigenvalue weighted by Crippen LogP contribution is 2.42. The molecule has 0 spiro atoms. The first-order chi connectivity index (χ1) is 19.0. The van der Waals surface area contributed by atoms with Crippen molar-refractivity contribution >= 4 is 46.1 Å². The zero-order chi connectivity index (χ0) is 28.2. The largest absolute Gasteiger partial charge is 0.489 e. The van der Waals surface area contributed by atoms with E-state index in [1.165, 1.54) is 18.5 Å². The number of piperazine rings is 1. The van der Waals surface area contributed by atoms with Gasteiger partial charge in [-0.15, -0.1) is 0 Å². The van der Waals surface area contributed by atoms with E-state index in [1.54, 1.807) is 0 Å². The molecule has 3 saturated heterocycles. The fourth-order valence-corrected chi connectivity index (χ4v) is 5.41. The number of pyridine rings is 1. The molecule has 4 aliphatic rings. The van der Waals surface area contributed by atoms with Gasteiger partial charge in [0.1, 0.15) is 46.3 Å². The quantitative estimate of drug-likeness (QED) is 0.383. The van der Waals surface area contributed by atoms with Gasteiger partial charge in [-0.3, -0.25) is 0 Å². The zero-order valence-corrected chi connectivity index (χ0v) is 23.3. The Labute approximate surface area is 235 Å². The molecule has 7 rings (SSSR count). The van der Waals surface area contributed by atoms with Gasteiger partial charge in [0, 0.05) is 19.1 Å². The van der Waals surface area contributed by atoms with Crippen LogP contribution in [0.15, 0.2) is 30.6 Å². The molecular formula is C28H31ClF2N6O3. The minimum atomic E-state index is -1.35. The lowest BCUT2D eigenvalue weighted by Gasteiger charge is -2.51. The van der Waals surface area contributed by atoms with Crippen molar-refractivity contribution < 1.29 is 23.0 Å². The molecule has 5 heterocycles. The Balaban J connectivity index is 1.22. The average molecular weight is 573 g/mol. The molecule has 212 valence electrons. The van der Waals surface area contributed by atoms with E-state index in [0.29, 0.717) is 42.8 Å². The number of ether oxygens (including phenoxy) is 2. The van der Waals surface area contributed by atoms with Crippen molar-refractivity contribution in [3.63, 3.8) is 0 Å². The number of halogens is 3. The lowest BCUT2D eigenvalue weighted by Crippen LogP contribution is -2.64. The number of anilines is 3. The number of aromatic nitrogens is 3. The monoisotopic (exact) mass is 572 g/mol. The van der Waals surface area contributed by atoms with Crippen LogP contribution in [0.2, 0.25) is 5.02 Å². The first-order valence-electron chi connectivity index (χ1n) is 13.4. The van der Waals surface area contributed by atoms with E-state index in [2.05, 4.69) is 20.2 Å². The number of amides is 1. The van der Waals surface area contributed by atoms with Gasteiger partial charge in [0.15, 0.2) is 11.6 Å². The Morgan fingerprint density at radius 1 is 1.15 bits per heavy atom. The van der Waals surface area contributed by atoms with Crippen LogP contribution in [-0.2, 0) is 4.74 Å². The summed E-state index contributed by atoms with van der Waals surface area (Å²) in [6.45, 7) is 6.62. The maximum Gasteiger partial charge on any atom is 0.410 e. The van der Waals surface area contributed by atoms with Crippen molar-refractivity contribution in [2.24, 2.45) is 0 Å². The molecule has 2 bridgehead atoms. The van der Waals surface area contributed by atoms with Crippen LogP contribution in [0.1, 0.15) is 46.5 Å². The third kappa shape index (κ3) is 5.31. The van der Waals surface area contributed by atoms with E-state index in [-0.39, 0.29) is 41.2 Å². The van der Waals surface area contributed by atoms with Crippen LogP contribution in [0.4, 0.5) is 30.9 Å². The van der Waals surface area contributed by atoms with Gasteiger partial charge < -0.3 is 24.6 Å². The molecule has 1 saturated carbocycles. The number of hydrogen-bond acceptors (Lipinski definition) is 8. The molecular weight excluding hydrogens is 542 g/mol. The Morgan fingerprint density at radius 2 is 1.93 bits per heavy atom. The number of piperidine rings is 2.